The van der Waals surface area contributed by atoms with Crippen molar-refractivity contribution in [2.24, 2.45) is 0 Å². The van der Waals surface area contributed by atoms with E-state index in [1.165, 1.54) is 0 Å². The third kappa shape index (κ3) is 2.25. The zero-order valence-corrected chi connectivity index (χ0v) is 9.18. The van der Waals surface area contributed by atoms with Gasteiger partial charge in [0, 0.05) is 11.3 Å². The molecule has 0 aliphatic rings. The van der Waals surface area contributed by atoms with E-state index >= 15 is 0 Å². The van der Waals surface area contributed by atoms with Gasteiger partial charge in [-0.15, -0.1) is 0 Å². The third-order valence-electron chi connectivity index (χ3n) is 2.53. The summed E-state index contributed by atoms with van der Waals surface area (Å²) in [6.07, 6.45) is 1.66. The van der Waals surface area contributed by atoms with Gasteiger partial charge in [-0.25, -0.2) is 0 Å². The van der Waals surface area contributed by atoms with Crippen LogP contribution in [-0.2, 0) is 6.61 Å². The van der Waals surface area contributed by atoms with Gasteiger partial charge in [0.25, 0.3) is 0 Å². The molecule has 2 aromatic rings. The Morgan fingerprint density at radius 2 is 2.06 bits per heavy atom. The van der Waals surface area contributed by atoms with Crippen molar-refractivity contribution >= 4 is 5.69 Å². The summed E-state index contributed by atoms with van der Waals surface area (Å²) in [6, 6.07) is 11.6. The molecule has 16 heavy (non-hydrogen) atoms. The van der Waals surface area contributed by atoms with Crippen LogP contribution in [0.1, 0.15) is 24.3 Å². The molecule has 1 heterocycles. The molecule has 0 spiro atoms. The van der Waals surface area contributed by atoms with Crippen molar-refractivity contribution in [3.63, 3.8) is 0 Å². The smallest absolute Gasteiger partial charge is 0.125 e. The Bertz CT molecular complexity index is 437. The van der Waals surface area contributed by atoms with E-state index in [-0.39, 0.29) is 12.6 Å². The van der Waals surface area contributed by atoms with Crippen LogP contribution < -0.4 is 5.32 Å². The summed E-state index contributed by atoms with van der Waals surface area (Å²) in [5.41, 5.74) is 1.83. The van der Waals surface area contributed by atoms with Crippen LogP contribution >= 0.6 is 0 Å². The summed E-state index contributed by atoms with van der Waals surface area (Å²) in [5.74, 6) is 0.882. The summed E-state index contributed by atoms with van der Waals surface area (Å²) in [4.78, 5) is 0. The summed E-state index contributed by atoms with van der Waals surface area (Å²) in [7, 11) is 0. The summed E-state index contributed by atoms with van der Waals surface area (Å²) < 4.78 is 5.32. The van der Waals surface area contributed by atoms with Crippen LogP contribution in [0.25, 0.3) is 0 Å². The number of aliphatic hydroxyl groups excluding tert-OH is 1. The van der Waals surface area contributed by atoms with Crippen molar-refractivity contribution in [2.45, 2.75) is 19.6 Å². The predicted molar refractivity (Wildman–Crippen MR) is 63.1 cm³/mol. The fourth-order valence-corrected chi connectivity index (χ4v) is 1.64. The van der Waals surface area contributed by atoms with Crippen molar-refractivity contribution < 1.29 is 9.52 Å². The number of furan rings is 1. The van der Waals surface area contributed by atoms with Crippen LogP contribution in [0.15, 0.2) is 47.1 Å². The Balaban J connectivity index is 2.14. The maximum absolute atomic E-state index is 9.20. The standard InChI is InChI=1S/C13H15NO2/c1-10(13-7-4-8-16-13)14-12-6-3-2-5-11(12)9-15/h2-8,10,14-15H,9H2,1H3. The van der Waals surface area contributed by atoms with E-state index in [0.29, 0.717) is 0 Å². The minimum atomic E-state index is 0.0358. The van der Waals surface area contributed by atoms with Gasteiger partial charge in [-0.3, -0.25) is 0 Å². The van der Waals surface area contributed by atoms with Crippen molar-refractivity contribution in [3.8, 4) is 0 Å². The molecule has 1 aromatic heterocycles. The maximum atomic E-state index is 9.20. The van der Waals surface area contributed by atoms with Gasteiger partial charge in [0.2, 0.25) is 0 Å². The summed E-state index contributed by atoms with van der Waals surface area (Å²) in [5, 5.41) is 12.5. The van der Waals surface area contributed by atoms with E-state index in [4.69, 9.17) is 4.42 Å². The Morgan fingerprint density at radius 1 is 1.25 bits per heavy atom. The molecule has 1 atom stereocenters. The number of hydrogen-bond donors (Lipinski definition) is 2. The minimum Gasteiger partial charge on any atom is -0.467 e. The molecule has 0 radical (unpaired) electrons. The second-order valence-corrected chi connectivity index (χ2v) is 3.70. The first-order valence-corrected chi connectivity index (χ1v) is 5.30. The van der Waals surface area contributed by atoms with Crippen LogP contribution in [-0.4, -0.2) is 5.11 Å². The summed E-state index contributed by atoms with van der Waals surface area (Å²) in [6.45, 7) is 2.06. The Labute approximate surface area is 94.7 Å². The lowest BCUT2D eigenvalue weighted by atomic mass is 10.1. The molecule has 0 amide bonds. The lowest BCUT2D eigenvalue weighted by Gasteiger charge is -2.15. The Morgan fingerprint density at radius 3 is 2.75 bits per heavy atom. The van der Waals surface area contributed by atoms with E-state index in [1.54, 1.807) is 6.26 Å². The zero-order chi connectivity index (χ0) is 11.4. The van der Waals surface area contributed by atoms with Gasteiger partial charge < -0.3 is 14.8 Å². The van der Waals surface area contributed by atoms with E-state index in [0.717, 1.165) is 17.0 Å². The fraction of sp³-hybridized carbons (Fsp3) is 0.231. The van der Waals surface area contributed by atoms with Gasteiger partial charge in [-0.2, -0.15) is 0 Å². The van der Waals surface area contributed by atoms with Crippen molar-refractivity contribution in [1.82, 2.24) is 0 Å². The van der Waals surface area contributed by atoms with Gasteiger partial charge in [-0.05, 0) is 25.1 Å². The molecule has 0 fully saturated rings. The number of rotatable bonds is 4. The quantitative estimate of drug-likeness (QED) is 0.827. The molecule has 0 bridgehead atoms. The first-order chi connectivity index (χ1) is 7.81. The largest absolute Gasteiger partial charge is 0.467 e. The van der Waals surface area contributed by atoms with Crippen LogP contribution in [0, 0.1) is 0 Å². The number of benzene rings is 1. The van der Waals surface area contributed by atoms with Crippen LogP contribution in [0.5, 0.6) is 0 Å². The first kappa shape index (κ1) is 10.8. The average molecular weight is 217 g/mol. The molecule has 3 nitrogen and oxygen atoms in total. The Kier molecular flexibility index (Phi) is 3.27. The zero-order valence-electron chi connectivity index (χ0n) is 9.18. The molecule has 84 valence electrons. The highest BCUT2D eigenvalue weighted by Crippen LogP contribution is 2.22. The molecule has 0 saturated heterocycles. The first-order valence-electron chi connectivity index (χ1n) is 5.30. The molecule has 2 N–H and O–H groups in total. The molecule has 0 aliphatic heterocycles. The highest BCUT2D eigenvalue weighted by atomic mass is 16.3. The van der Waals surface area contributed by atoms with Crippen LogP contribution in [0.3, 0.4) is 0 Å². The van der Waals surface area contributed by atoms with Crippen molar-refractivity contribution in [1.29, 1.82) is 0 Å². The van der Waals surface area contributed by atoms with Gasteiger partial charge in [0.05, 0.1) is 18.9 Å². The minimum absolute atomic E-state index is 0.0358. The molecule has 2 rings (SSSR count). The molecule has 0 aliphatic carbocycles. The number of hydrogen-bond acceptors (Lipinski definition) is 3. The molecular weight excluding hydrogens is 202 g/mol. The fourth-order valence-electron chi connectivity index (χ4n) is 1.64. The lowest BCUT2D eigenvalue weighted by molar-refractivity contribution is 0.282. The lowest BCUT2D eigenvalue weighted by Crippen LogP contribution is -2.07. The molecule has 1 unspecified atom stereocenters. The topological polar surface area (TPSA) is 45.4 Å². The van der Waals surface area contributed by atoms with E-state index in [2.05, 4.69) is 5.32 Å². The van der Waals surface area contributed by atoms with Gasteiger partial charge in [0.15, 0.2) is 0 Å². The Hall–Kier alpha value is -1.74. The van der Waals surface area contributed by atoms with Crippen molar-refractivity contribution in [3.05, 3.63) is 54.0 Å². The molecule has 3 heteroatoms. The number of para-hydroxylation sites is 1. The van der Waals surface area contributed by atoms with E-state index < -0.39 is 0 Å². The van der Waals surface area contributed by atoms with Crippen LogP contribution in [0.4, 0.5) is 5.69 Å². The highest BCUT2D eigenvalue weighted by Gasteiger charge is 2.09. The average Bonchev–Trinajstić information content (AvgIpc) is 2.83. The summed E-state index contributed by atoms with van der Waals surface area (Å²) >= 11 is 0. The van der Waals surface area contributed by atoms with Crippen LogP contribution in [0.2, 0.25) is 0 Å². The van der Waals surface area contributed by atoms with E-state index in [9.17, 15) is 5.11 Å². The van der Waals surface area contributed by atoms with Gasteiger partial charge >= 0.3 is 0 Å². The van der Waals surface area contributed by atoms with E-state index in [1.807, 2.05) is 43.3 Å². The van der Waals surface area contributed by atoms with Gasteiger partial charge in [-0.1, -0.05) is 18.2 Å². The monoisotopic (exact) mass is 217 g/mol. The normalized spacial score (nSPS) is 12.4. The molecule has 1 aromatic carbocycles. The number of aliphatic hydroxyl groups is 1. The number of anilines is 1. The second kappa shape index (κ2) is 4.86. The van der Waals surface area contributed by atoms with Gasteiger partial charge in [0.1, 0.15) is 5.76 Å². The maximum Gasteiger partial charge on any atom is 0.125 e. The highest BCUT2D eigenvalue weighted by molar-refractivity contribution is 5.51. The molecular formula is C13H15NO2. The predicted octanol–water partition coefficient (Wildman–Crippen LogP) is 2.95. The third-order valence-corrected chi connectivity index (χ3v) is 2.53. The number of nitrogens with one attached hydrogen (secondary N) is 1. The molecule has 0 saturated carbocycles. The second-order valence-electron chi connectivity index (χ2n) is 3.70. The SMILES string of the molecule is CC(Nc1ccccc1CO)c1ccco1. The van der Waals surface area contributed by atoms with Crippen molar-refractivity contribution in [2.75, 3.05) is 5.32 Å².